The van der Waals surface area contributed by atoms with Crippen molar-refractivity contribution in [2.45, 2.75) is 32.2 Å². The lowest BCUT2D eigenvalue weighted by molar-refractivity contribution is -0.122. The number of carbonyl (C=O) groups is 1. The number of hydrogen-bond donors (Lipinski definition) is 3. The Balaban J connectivity index is 2.23. The Labute approximate surface area is 77.0 Å². The second-order valence-corrected chi connectivity index (χ2v) is 3.48. The van der Waals surface area contributed by atoms with Crippen LogP contribution >= 0.6 is 0 Å². The molecule has 0 aliphatic heterocycles. The molecule has 0 aromatic carbocycles. The van der Waals surface area contributed by atoms with E-state index in [-0.39, 0.29) is 23.7 Å². The number of nitrogens with one attached hydrogen (secondary N) is 1. The van der Waals surface area contributed by atoms with Gasteiger partial charge in [0.2, 0.25) is 5.91 Å². The highest BCUT2D eigenvalue weighted by atomic mass is 16.4. The van der Waals surface area contributed by atoms with Gasteiger partial charge in [-0.2, -0.15) is 0 Å². The third-order valence-corrected chi connectivity index (χ3v) is 1.98. The van der Waals surface area contributed by atoms with Crippen LogP contribution in [0.1, 0.15) is 26.2 Å². The fraction of sp³-hybridized carbons (Fsp3) is 0.750. The van der Waals surface area contributed by atoms with Crippen LogP contribution < -0.4 is 11.1 Å². The van der Waals surface area contributed by atoms with Gasteiger partial charge in [-0.1, -0.05) is 5.16 Å². The maximum absolute atomic E-state index is 11.2. The van der Waals surface area contributed by atoms with Crippen molar-refractivity contribution in [1.82, 2.24) is 5.32 Å². The Morgan fingerprint density at radius 1 is 1.77 bits per heavy atom. The van der Waals surface area contributed by atoms with E-state index in [2.05, 4.69) is 10.5 Å². The Kier molecular flexibility index (Phi) is 3.11. The number of nitrogens with two attached hydrogens (primary N) is 1. The van der Waals surface area contributed by atoms with Crippen molar-refractivity contribution in [2.75, 3.05) is 0 Å². The minimum absolute atomic E-state index is 0.0657. The van der Waals surface area contributed by atoms with Crippen LogP contribution in [-0.2, 0) is 4.79 Å². The molecule has 1 atom stereocenters. The molecule has 74 valence electrons. The first-order chi connectivity index (χ1) is 6.13. The van der Waals surface area contributed by atoms with E-state index in [4.69, 9.17) is 10.9 Å². The van der Waals surface area contributed by atoms with E-state index in [1.165, 1.54) is 0 Å². The Morgan fingerprint density at radius 3 is 2.85 bits per heavy atom. The van der Waals surface area contributed by atoms with E-state index in [1.807, 2.05) is 6.92 Å². The number of oxime groups is 1. The van der Waals surface area contributed by atoms with Crippen molar-refractivity contribution >= 4 is 11.7 Å². The molecule has 0 aromatic heterocycles. The zero-order chi connectivity index (χ0) is 9.84. The highest BCUT2D eigenvalue weighted by molar-refractivity contribution is 5.83. The highest BCUT2D eigenvalue weighted by Crippen LogP contribution is 2.28. The third kappa shape index (κ3) is 3.31. The number of amidine groups is 1. The molecule has 0 bridgehead atoms. The standard InChI is InChI=1S/C8H15N3O2/c1-5(4-7(9)11-13)10-8(12)6-2-3-6/h5-6,13H,2-4H2,1H3,(H2,9,11)(H,10,12). The van der Waals surface area contributed by atoms with Crippen LogP contribution in [0.2, 0.25) is 0 Å². The van der Waals surface area contributed by atoms with Crippen molar-refractivity contribution in [3.63, 3.8) is 0 Å². The Bertz CT molecular complexity index is 223. The Hall–Kier alpha value is -1.26. The molecule has 1 fully saturated rings. The number of carbonyl (C=O) groups excluding carboxylic acids is 1. The van der Waals surface area contributed by atoms with Crippen LogP contribution in [0.15, 0.2) is 5.16 Å². The third-order valence-electron chi connectivity index (χ3n) is 1.98. The van der Waals surface area contributed by atoms with Gasteiger partial charge in [0.15, 0.2) is 0 Å². The topological polar surface area (TPSA) is 87.7 Å². The monoisotopic (exact) mass is 185 g/mol. The second kappa shape index (κ2) is 4.11. The van der Waals surface area contributed by atoms with Gasteiger partial charge in [0.25, 0.3) is 0 Å². The molecule has 1 amide bonds. The molecule has 0 radical (unpaired) electrons. The maximum Gasteiger partial charge on any atom is 0.223 e. The smallest absolute Gasteiger partial charge is 0.223 e. The van der Waals surface area contributed by atoms with E-state index in [0.29, 0.717) is 6.42 Å². The molecule has 0 aromatic rings. The summed E-state index contributed by atoms with van der Waals surface area (Å²) in [5.74, 6) is 0.427. The zero-order valence-corrected chi connectivity index (χ0v) is 7.66. The van der Waals surface area contributed by atoms with Crippen molar-refractivity contribution in [1.29, 1.82) is 0 Å². The molecular weight excluding hydrogens is 170 g/mol. The molecule has 1 aliphatic rings. The first-order valence-corrected chi connectivity index (χ1v) is 4.40. The van der Waals surface area contributed by atoms with Gasteiger partial charge in [-0.25, -0.2) is 0 Å². The first-order valence-electron chi connectivity index (χ1n) is 4.40. The molecule has 4 N–H and O–H groups in total. The summed E-state index contributed by atoms with van der Waals surface area (Å²) in [6.07, 6.45) is 2.36. The predicted molar refractivity (Wildman–Crippen MR) is 48.4 cm³/mol. The summed E-state index contributed by atoms with van der Waals surface area (Å²) < 4.78 is 0. The molecule has 1 unspecified atom stereocenters. The van der Waals surface area contributed by atoms with Crippen LogP contribution in [0.25, 0.3) is 0 Å². The summed E-state index contributed by atoms with van der Waals surface area (Å²) in [5.41, 5.74) is 5.29. The summed E-state index contributed by atoms with van der Waals surface area (Å²) in [6.45, 7) is 1.83. The molecule has 0 spiro atoms. The molecule has 1 saturated carbocycles. The zero-order valence-electron chi connectivity index (χ0n) is 7.66. The predicted octanol–water partition coefficient (Wildman–Crippen LogP) is 0.0376. The molecule has 1 rings (SSSR count). The summed E-state index contributed by atoms with van der Waals surface area (Å²) in [4.78, 5) is 11.2. The maximum atomic E-state index is 11.2. The van der Waals surface area contributed by atoms with Gasteiger partial charge in [-0.3, -0.25) is 4.79 Å². The number of nitrogens with zero attached hydrogens (tertiary/aromatic N) is 1. The fourth-order valence-corrected chi connectivity index (χ4v) is 1.11. The van der Waals surface area contributed by atoms with Crippen molar-refractivity contribution < 1.29 is 10.0 Å². The highest BCUT2D eigenvalue weighted by Gasteiger charge is 2.30. The van der Waals surface area contributed by atoms with Crippen molar-refractivity contribution in [3.8, 4) is 0 Å². The molecule has 5 nitrogen and oxygen atoms in total. The minimum Gasteiger partial charge on any atom is -0.409 e. The van der Waals surface area contributed by atoms with Crippen LogP contribution in [-0.4, -0.2) is 23.0 Å². The summed E-state index contributed by atoms with van der Waals surface area (Å²) >= 11 is 0. The van der Waals surface area contributed by atoms with Gasteiger partial charge in [0, 0.05) is 18.4 Å². The van der Waals surface area contributed by atoms with Crippen LogP contribution in [0, 0.1) is 5.92 Å². The van der Waals surface area contributed by atoms with Crippen molar-refractivity contribution in [2.24, 2.45) is 16.8 Å². The average Bonchev–Trinajstić information content (AvgIpc) is 2.85. The van der Waals surface area contributed by atoms with Crippen molar-refractivity contribution in [3.05, 3.63) is 0 Å². The van der Waals surface area contributed by atoms with E-state index in [0.717, 1.165) is 12.8 Å². The van der Waals surface area contributed by atoms with Gasteiger partial charge in [-0.15, -0.1) is 0 Å². The van der Waals surface area contributed by atoms with E-state index < -0.39 is 0 Å². The van der Waals surface area contributed by atoms with Gasteiger partial charge in [0.05, 0.1) is 0 Å². The van der Waals surface area contributed by atoms with E-state index in [1.54, 1.807) is 0 Å². The van der Waals surface area contributed by atoms with Crippen LogP contribution in [0.3, 0.4) is 0 Å². The normalized spacial score (nSPS) is 19.6. The minimum atomic E-state index is -0.0657. The van der Waals surface area contributed by atoms with Crippen LogP contribution in [0.5, 0.6) is 0 Å². The fourth-order valence-electron chi connectivity index (χ4n) is 1.11. The lowest BCUT2D eigenvalue weighted by atomic mass is 10.2. The number of amides is 1. The van der Waals surface area contributed by atoms with Gasteiger partial charge in [-0.05, 0) is 19.8 Å². The largest absolute Gasteiger partial charge is 0.409 e. The SMILES string of the molecule is CC(CC(N)=NO)NC(=O)C1CC1. The summed E-state index contributed by atoms with van der Waals surface area (Å²) in [6, 6.07) is -0.0657. The molecule has 0 saturated heterocycles. The molecule has 1 aliphatic carbocycles. The average molecular weight is 185 g/mol. The molecule has 13 heavy (non-hydrogen) atoms. The second-order valence-electron chi connectivity index (χ2n) is 3.48. The lowest BCUT2D eigenvalue weighted by Gasteiger charge is -2.12. The van der Waals surface area contributed by atoms with E-state index in [9.17, 15) is 4.79 Å². The summed E-state index contributed by atoms with van der Waals surface area (Å²) in [7, 11) is 0. The molecule has 0 heterocycles. The Morgan fingerprint density at radius 2 is 2.38 bits per heavy atom. The quantitative estimate of drug-likeness (QED) is 0.250. The van der Waals surface area contributed by atoms with Gasteiger partial charge < -0.3 is 16.3 Å². The van der Waals surface area contributed by atoms with Crippen LogP contribution in [0.4, 0.5) is 0 Å². The summed E-state index contributed by atoms with van der Waals surface area (Å²) in [5, 5.41) is 13.9. The lowest BCUT2D eigenvalue weighted by Crippen LogP contribution is -2.36. The van der Waals surface area contributed by atoms with Gasteiger partial charge in [0.1, 0.15) is 5.84 Å². The number of rotatable bonds is 4. The van der Waals surface area contributed by atoms with E-state index >= 15 is 0 Å². The first kappa shape index (κ1) is 9.83. The molecular formula is C8H15N3O2. The molecule has 5 heteroatoms. The van der Waals surface area contributed by atoms with Gasteiger partial charge >= 0.3 is 0 Å². The number of hydrogen-bond acceptors (Lipinski definition) is 3.